The van der Waals surface area contributed by atoms with Crippen molar-refractivity contribution in [3.63, 3.8) is 0 Å². The van der Waals surface area contributed by atoms with Crippen molar-refractivity contribution in [2.45, 2.75) is 45.3 Å². The molecule has 0 fully saturated rings. The minimum Gasteiger partial charge on any atom is -0.490 e. The summed E-state index contributed by atoms with van der Waals surface area (Å²) in [5.74, 6) is -1.66. The molecule has 4 aromatic heterocycles. The highest BCUT2D eigenvalue weighted by atomic mass is 32.1. The number of ether oxygens (including phenoxy) is 2. The average Bonchev–Trinajstić information content (AvgIpc) is 3.76. The van der Waals surface area contributed by atoms with Crippen molar-refractivity contribution in [1.29, 1.82) is 0 Å². The van der Waals surface area contributed by atoms with Gasteiger partial charge in [-0.2, -0.15) is 5.10 Å². The second kappa shape index (κ2) is 13.1. The van der Waals surface area contributed by atoms with E-state index in [0.717, 1.165) is 51.6 Å². The van der Waals surface area contributed by atoms with Crippen LogP contribution in [0.1, 0.15) is 55.8 Å². The lowest BCUT2D eigenvalue weighted by Crippen LogP contribution is -2.42. The van der Waals surface area contributed by atoms with Gasteiger partial charge < -0.3 is 14.4 Å². The number of carbonyl (C=O) groups is 1. The maximum atomic E-state index is 16.2. The summed E-state index contributed by atoms with van der Waals surface area (Å²) in [5, 5.41) is 7.71. The number of hydrogen-bond acceptors (Lipinski definition) is 8. The number of likely N-dealkylation sites (N-methyl/N-ethyl adjacent to an activating group) is 1. The first-order chi connectivity index (χ1) is 23.6. The standard InChI is InChI=1S/C37H38F2N6O3S/c1-7-32(46)44-19-20(2)45-30(22(44)4)17-29(42-45)36-33(34-27(39)15-24(38)16-31(34)48-12-11-47-6)25-9-13-49-37(25)35(41-36)23-14-26-21(3)43(5)10-8-28(26)40-18-23/h7,9,13-18,20-22H,1,8,10-12,19H2,2-6H3/t20-,21-,22+/m0/s1. The van der Waals surface area contributed by atoms with Gasteiger partial charge in [-0.25, -0.2) is 13.8 Å². The third-order valence-electron chi connectivity index (χ3n) is 9.75. The van der Waals surface area contributed by atoms with Crippen LogP contribution >= 0.6 is 11.3 Å². The summed E-state index contributed by atoms with van der Waals surface area (Å²) in [5.41, 5.74) is 6.00. The monoisotopic (exact) mass is 684 g/mol. The number of hydrogen-bond donors (Lipinski definition) is 0. The third kappa shape index (κ3) is 5.71. The highest BCUT2D eigenvalue weighted by Gasteiger charge is 2.34. The van der Waals surface area contributed by atoms with Crippen LogP contribution in [0.5, 0.6) is 5.75 Å². The van der Waals surface area contributed by atoms with Gasteiger partial charge in [-0.15, -0.1) is 11.3 Å². The van der Waals surface area contributed by atoms with Gasteiger partial charge in [0.2, 0.25) is 5.91 Å². The molecule has 12 heteroatoms. The summed E-state index contributed by atoms with van der Waals surface area (Å²) < 4.78 is 44.8. The van der Waals surface area contributed by atoms with Gasteiger partial charge in [-0.05, 0) is 63.0 Å². The lowest BCUT2D eigenvalue weighted by atomic mass is 9.93. The minimum atomic E-state index is -0.781. The Hall–Kier alpha value is -4.52. The summed E-state index contributed by atoms with van der Waals surface area (Å²) in [4.78, 5) is 27.0. The Kier molecular flexibility index (Phi) is 8.80. The van der Waals surface area contributed by atoms with Gasteiger partial charge in [-0.1, -0.05) is 6.58 Å². The molecule has 0 spiro atoms. The predicted molar refractivity (Wildman–Crippen MR) is 187 cm³/mol. The predicted octanol–water partition coefficient (Wildman–Crippen LogP) is 7.39. The van der Waals surface area contributed by atoms with Gasteiger partial charge in [0, 0.05) is 73.2 Å². The maximum absolute atomic E-state index is 16.2. The molecule has 2 aliphatic heterocycles. The third-order valence-corrected chi connectivity index (χ3v) is 10.7. The number of fused-ring (bicyclic) bond motifs is 3. The van der Waals surface area contributed by atoms with E-state index < -0.39 is 11.6 Å². The van der Waals surface area contributed by atoms with E-state index in [1.54, 1.807) is 4.90 Å². The van der Waals surface area contributed by atoms with Crippen LogP contribution in [0.25, 0.3) is 43.9 Å². The van der Waals surface area contributed by atoms with Crippen molar-refractivity contribution >= 4 is 27.3 Å². The molecule has 0 bridgehead atoms. The highest BCUT2D eigenvalue weighted by Crippen LogP contribution is 2.47. The maximum Gasteiger partial charge on any atom is 0.246 e. The Bertz CT molecular complexity index is 2090. The van der Waals surface area contributed by atoms with Crippen molar-refractivity contribution < 1.29 is 23.0 Å². The molecule has 1 aromatic carbocycles. The Labute approximate surface area is 287 Å². The Morgan fingerprint density at radius 1 is 1.10 bits per heavy atom. The Balaban J connectivity index is 1.50. The fourth-order valence-electron chi connectivity index (χ4n) is 7.00. The van der Waals surface area contributed by atoms with Crippen LogP contribution in [-0.4, -0.2) is 75.9 Å². The lowest BCUT2D eigenvalue weighted by Gasteiger charge is -2.36. The number of pyridine rings is 2. The molecular formula is C37H38F2N6O3S. The zero-order valence-corrected chi connectivity index (χ0v) is 29.0. The quantitative estimate of drug-likeness (QED) is 0.125. The molecule has 0 saturated carbocycles. The van der Waals surface area contributed by atoms with Gasteiger partial charge >= 0.3 is 0 Å². The molecule has 0 aliphatic carbocycles. The molecule has 0 saturated heterocycles. The van der Waals surface area contributed by atoms with E-state index >= 15 is 4.39 Å². The average molecular weight is 685 g/mol. The van der Waals surface area contributed by atoms with Gasteiger partial charge in [0.1, 0.15) is 35.4 Å². The normalized spacial score (nSPS) is 19.2. The number of amides is 1. The second-order valence-electron chi connectivity index (χ2n) is 12.7. The summed E-state index contributed by atoms with van der Waals surface area (Å²) in [6.45, 7) is 11.5. The number of methoxy groups -OCH3 is 1. The highest BCUT2D eigenvalue weighted by molar-refractivity contribution is 7.17. The number of halogens is 2. The van der Waals surface area contributed by atoms with E-state index in [1.807, 2.05) is 42.2 Å². The summed E-state index contributed by atoms with van der Waals surface area (Å²) in [6, 6.07) is 7.79. The van der Waals surface area contributed by atoms with Crippen LogP contribution < -0.4 is 4.74 Å². The fraction of sp³-hybridized carbons (Fsp3) is 0.351. The van der Waals surface area contributed by atoms with Gasteiger partial charge in [0.05, 0.1) is 40.3 Å². The van der Waals surface area contributed by atoms with Crippen molar-refractivity contribution in [3.8, 4) is 39.5 Å². The molecule has 49 heavy (non-hydrogen) atoms. The molecule has 254 valence electrons. The molecular weight excluding hydrogens is 647 g/mol. The van der Waals surface area contributed by atoms with E-state index in [2.05, 4.69) is 31.5 Å². The number of benzene rings is 1. The van der Waals surface area contributed by atoms with E-state index in [9.17, 15) is 9.18 Å². The number of carbonyl (C=O) groups excluding carboxylic acids is 1. The number of nitrogens with zero attached hydrogens (tertiary/aromatic N) is 6. The first-order valence-corrected chi connectivity index (χ1v) is 17.2. The molecule has 0 unspecified atom stereocenters. The molecule has 5 aromatic rings. The summed E-state index contributed by atoms with van der Waals surface area (Å²) >= 11 is 1.49. The van der Waals surface area contributed by atoms with Crippen molar-refractivity contribution in [1.82, 2.24) is 29.5 Å². The fourth-order valence-corrected chi connectivity index (χ4v) is 7.91. The van der Waals surface area contributed by atoms with Crippen LogP contribution in [0.3, 0.4) is 0 Å². The van der Waals surface area contributed by atoms with E-state index in [-0.39, 0.29) is 48.6 Å². The molecule has 6 heterocycles. The zero-order valence-electron chi connectivity index (χ0n) is 28.2. The van der Waals surface area contributed by atoms with Crippen LogP contribution in [0, 0.1) is 11.6 Å². The number of thiophene rings is 1. The summed E-state index contributed by atoms with van der Waals surface area (Å²) in [7, 11) is 3.64. The van der Waals surface area contributed by atoms with Crippen molar-refractivity contribution in [2.75, 3.05) is 40.5 Å². The van der Waals surface area contributed by atoms with Crippen LogP contribution in [0.4, 0.5) is 8.78 Å². The molecule has 0 radical (unpaired) electrons. The lowest BCUT2D eigenvalue weighted by molar-refractivity contribution is -0.129. The van der Waals surface area contributed by atoms with Crippen LogP contribution in [-0.2, 0) is 16.0 Å². The summed E-state index contributed by atoms with van der Waals surface area (Å²) in [6.07, 6.45) is 4.04. The van der Waals surface area contributed by atoms with Gasteiger partial charge in [-0.3, -0.25) is 19.4 Å². The molecule has 0 N–H and O–H groups in total. The van der Waals surface area contributed by atoms with Crippen LogP contribution in [0.2, 0.25) is 0 Å². The van der Waals surface area contributed by atoms with E-state index in [0.29, 0.717) is 29.2 Å². The minimum absolute atomic E-state index is 0.0404. The number of rotatable bonds is 8. The topological polar surface area (TPSA) is 85.6 Å². The first kappa shape index (κ1) is 33.0. The zero-order chi connectivity index (χ0) is 34.6. The van der Waals surface area contributed by atoms with Crippen LogP contribution in [0.15, 0.2) is 54.6 Å². The van der Waals surface area contributed by atoms with Crippen molar-refractivity contribution in [2.24, 2.45) is 0 Å². The van der Waals surface area contributed by atoms with Crippen molar-refractivity contribution in [3.05, 3.63) is 83.1 Å². The molecule has 7 rings (SSSR count). The Morgan fingerprint density at radius 3 is 2.69 bits per heavy atom. The van der Waals surface area contributed by atoms with Gasteiger partial charge in [0.15, 0.2) is 0 Å². The second-order valence-corrected chi connectivity index (χ2v) is 13.7. The van der Waals surface area contributed by atoms with E-state index in [4.69, 9.17) is 24.5 Å². The number of aromatic nitrogens is 4. The van der Waals surface area contributed by atoms with E-state index in [1.165, 1.54) is 30.6 Å². The Morgan fingerprint density at radius 2 is 1.92 bits per heavy atom. The largest absolute Gasteiger partial charge is 0.490 e. The smallest absolute Gasteiger partial charge is 0.246 e. The van der Waals surface area contributed by atoms with Gasteiger partial charge in [0.25, 0.3) is 0 Å². The molecule has 2 aliphatic rings. The molecule has 3 atom stereocenters. The first-order valence-electron chi connectivity index (χ1n) is 16.4. The molecule has 9 nitrogen and oxygen atoms in total. The SMILES string of the molecule is C=CC(=O)N1C[C@H](C)n2nc(-c3nc(-c4cnc5c(c4)[C@H](C)N(C)CC5)c4sccc4c3-c3c(F)cc(F)cc3OCCOC)cc2[C@H]1C. The molecule has 1 amide bonds.